The Balaban J connectivity index is 1.46. The molecule has 1 N–H and O–H groups in total. The maximum Gasteiger partial charge on any atom is 0.248 e. The van der Waals surface area contributed by atoms with Crippen molar-refractivity contribution in [2.45, 2.75) is 4.90 Å². The molecule has 32 heavy (non-hydrogen) atoms. The second-order valence-corrected chi connectivity index (χ2v) is 8.94. The first-order valence-corrected chi connectivity index (χ1v) is 11.3. The third kappa shape index (κ3) is 4.93. The highest BCUT2D eigenvalue weighted by atomic mass is 32.2. The highest BCUT2D eigenvalue weighted by Gasteiger charge is 2.29. The van der Waals surface area contributed by atoms with E-state index in [4.69, 9.17) is 4.74 Å². The Morgan fingerprint density at radius 1 is 1.12 bits per heavy atom. The number of nitrogens with zero attached hydrogens (tertiary/aromatic N) is 3. The van der Waals surface area contributed by atoms with Crippen molar-refractivity contribution in [1.82, 2.24) is 14.1 Å². The van der Waals surface area contributed by atoms with Crippen molar-refractivity contribution in [3.05, 3.63) is 78.4 Å². The van der Waals surface area contributed by atoms with Gasteiger partial charge >= 0.3 is 0 Å². The van der Waals surface area contributed by atoms with Gasteiger partial charge in [0.05, 0.1) is 25.1 Å². The number of hydrogen-bond donors (Lipinski definition) is 1. The first kappa shape index (κ1) is 21.9. The number of anilines is 1. The number of morpholine rings is 1. The molecule has 0 spiro atoms. The minimum Gasteiger partial charge on any atom is -0.379 e. The Bertz CT molecular complexity index is 1240. The summed E-state index contributed by atoms with van der Waals surface area (Å²) in [6.45, 7) is 0.807. The van der Waals surface area contributed by atoms with E-state index >= 15 is 0 Å². The average molecular weight is 456 g/mol. The summed E-state index contributed by atoms with van der Waals surface area (Å²) in [4.78, 5) is 11.8. The van der Waals surface area contributed by atoms with E-state index < -0.39 is 26.6 Å². The summed E-state index contributed by atoms with van der Waals surface area (Å²) in [5.41, 5.74) is 1.77. The molecule has 8 nitrogen and oxygen atoms in total. The highest BCUT2D eigenvalue weighted by molar-refractivity contribution is 7.89. The number of carbonyl (C=O) groups is 1. The number of rotatable bonds is 6. The summed E-state index contributed by atoms with van der Waals surface area (Å²) in [6.07, 6.45) is 6.26. The van der Waals surface area contributed by atoms with Gasteiger partial charge in [0.1, 0.15) is 10.7 Å². The van der Waals surface area contributed by atoms with E-state index in [1.807, 2.05) is 30.3 Å². The number of ether oxygens (including phenoxy) is 1. The molecule has 0 aliphatic carbocycles. The van der Waals surface area contributed by atoms with Crippen molar-refractivity contribution < 1.29 is 22.3 Å². The number of amides is 1. The molecule has 10 heteroatoms. The molecule has 2 heterocycles. The number of benzene rings is 2. The molecule has 166 valence electrons. The number of halogens is 1. The Hall–Kier alpha value is -3.34. The number of nitrogens with one attached hydrogen (secondary N) is 1. The van der Waals surface area contributed by atoms with Crippen molar-refractivity contribution in [2.24, 2.45) is 0 Å². The summed E-state index contributed by atoms with van der Waals surface area (Å²) in [5, 5.41) is 6.82. The highest BCUT2D eigenvalue weighted by Crippen LogP contribution is 2.24. The number of sulfonamides is 1. The largest absolute Gasteiger partial charge is 0.379 e. The van der Waals surface area contributed by atoms with Crippen LogP contribution < -0.4 is 5.32 Å². The van der Waals surface area contributed by atoms with Crippen molar-refractivity contribution in [1.29, 1.82) is 0 Å². The lowest BCUT2D eigenvalue weighted by molar-refractivity contribution is -0.111. The zero-order valence-corrected chi connectivity index (χ0v) is 17.8. The van der Waals surface area contributed by atoms with Gasteiger partial charge in [-0.05, 0) is 36.4 Å². The molecule has 0 atom stereocenters. The lowest BCUT2D eigenvalue weighted by Gasteiger charge is -2.26. The van der Waals surface area contributed by atoms with Gasteiger partial charge in [0, 0.05) is 36.6 Å². The monoisotopic (exact) mass is 456 g/mol. The van der Waals surface area contributed by atoms with Crippen LogP contribution in [0.25, 0.3) is 11.8 Å². The molecule has 0 saturated carbocycles. The van der Waals surface area contributed by atoms with Crippen LogP contribution in [0.2, 0.25) is 0 Å². The van der Waals surface area contributed by atoms with Crippen LogP contribution in [0.15, 0.2) is 71.9 Å². The molecule has 0 bridgehead atoms. The molecule has 0 unspecified atom stereocenters. The van der Waals surface area contributed by atoms with Crippen molar-refractivity contribution >= 4 is 27.7 Å². The molecule has 1 fully saturated rings. The number of hydrogen-bond acceptors (Lipinski definition) is 5. The predicted octanol–water partition coefficient (Wildman–Crippen LogP) is 2.68. The minimum absolute atomic E-state index is 0.151. The van der Waals surface area contributed by atoms with Gasteiger partial charge in [-0.1, -0.05) is 18.2 Å². The van der Waals surface area contributed by atoms with E-state index in [0.29, 0.717) is 5.56 Å². The van der Waals surface area contributed by atoms with Crippen molar-refractivity contribution in [3.63, 3.8) is 0 Å². The normalized spacial score (nSPS) is 15.2. The fraction of sp³-hybridized carbons (Fsp3) is 0.182. The van der Waals surface area contributed by atoms with E-state index in [-0.39, 0.29) is 32.0 Å². The molecular weight excluding hydrogens is 435 g/mol. The third-order valence-electron chi connectivity index (χ3n) is 4.84. The Labute approximate surface area is 185 Å². The smallest absolute Gasteiger partial charge is 0.248 e. The fourth-order valence-electron chi connectivity index (χ4n) is 3.21. The molecule has 2 aromatic carbocycles. The maximum absolute atomic E-state index is 14.3. The number of para-hydroxylation sites is 1. The summed E-state index contributed by atoms with van der Waals surface area (Å²) < 4.78 is 47.8. The van der Waals surface area contributed by atoms with Gasteiger partial charge in [-0.2, -0.15) is 9.40 Å². The Kier molecular flexibility index (Phi) is 6.45. The molecular formula is C22H21FN4O4S. The SMILES string of the molecule is O=C(/C=C/c1cnn(-c2ccccc2)c1)Nc1ccc(F)c(S(=O)(=O)N2CCOCC2)c1. The van der Waals surface area contributed by atoms with Gasteiger partial charge in [0.15, 0.2) is 0 Å². The van der Waals surface area contributed by atoms with Gasteiger partial charge in [-0.25, -0.2) is 17.5 Å². The molecule has 1 saturated heterocycles. The second-order valence-electron chi connectivity index (χ2n) is 7.04. The van der Waals surface area contributed by atoms with Crippen LogP contribution in [0.3, 0.4) is 0 Å². The van der Waals surface area contributed by atoms with Crippen LogP contribution in [-0.2, 0) is 19.6 Å². The van der Waals surface area contributed by atoms with Gasteiger partial charge in [0.2, 0.25) is 15.9 Å². The summed E-state index contributed by atoms with van der Waals surface area (Å²) >= 11 is 0. The van der Waals surface area contributed by atoms with Crippen LogP contribution in [0.4, 0.5) is 10.1 Å². The maximum atomic E-state index is 14.3. The van der Waals surface area contributed by atoms with Crippen molar-refractivity contribution in [3.8, 4) is 5.69 Å². The summed E-state index contributed by atoms with van der Waals surface area (Å²) in [5.74, 6) is -1.36. The molecule has 0 radical (unpaired) electrons. The standard InChI is InChI=1S/C22H21FN4O4S/c23-20-8-7-18(14-21(20)32(29,30)26-10-12-31-13-11-26)25-22(28)9-6-17-15-24-27(16-17)19-4-2-1-3-5-19/h1-9,14-16H,10-13H2,(H,25,28)/b9-6+. The predicted molar refractivity (Wildman–Crippen MR) is 117 cm³/mol. The lowest BCUT2D eigenvalue weighted by Crippen LogP contribution is -2.40. The Morgan fingerprint density at radius 2 is 1.88 bits per heavy atom. The lowest BCUT2D eigenvalue weighted by atomic mass is 10.3. The summed E-state index contributed by atoms with van der Waals surface area (Å²) in [7, 11) is -4.03. The zero-order valence-electron chi connectivity index (χ0n) is 17.0. The first-order valence-electron chi connectivity index (χ1n) is 9.90. The van der Waals surface area contributed by atoms with Crippen LogP contribution in [0.1, 0.15) is 5.56 Å². The van der Waals surface area contributed by atoms with Crippen LogP contribution >= 0.6 is 0 Å². The van der Waals surface area contributed by atoms with Crippen molar-refractivity contribution in [2.75, 3.05) is 31.6 Å². The van der Waals surface area contributed by atoms with Gasteiger partial charge in [0.25, 0.3) is 0 Å². The van der Waals surface area contributed by atoms with Gasteiger partial charge in [-0.15, -0.1) is 0 Å². The van der Waals surface area contributed by atoms with Crippen LogP contribution in [0.5, 0.6) is 0 Å². The first-order chi connectivity index (χ1) is 15.4. The molecule has 4 rings (SSSR count). The van der Waals surface area contributed by atoms with Crippen LogP contribution in [-0.4, -0.2) is 54.7 Å². The summed E-state index contributed by atoms with van der Waals surface area (Å²) in [6, 6.07) is 13.0. The quantitative estimate of drug-likeness (QED) is 0.576. The Morgan fingerprint density at radius 3 is 2.62 bits per heavy atom. The minimum atomic E-state index is -4.03. The van der Waals surface area contributed by atoms with Gasteiger partial charge < -0.3 is 10.1 Å². The third-order valence-corrected chi connectivity index (χ3v) is 6.75. The zero-order chi connectivity index (χ0) is 22.6. The van der Waals surface area contributed by atoms with E-state index in [9.17, 15) is 17.6 Å². The molecule has 3 aromatic rings. The van der Waals surface area contributed by atoms with Gasteiger partial charge in [-0.3, -0.25) is 4.79 Å². The number of carbonyl (C=O) groups excluding carboxylic acids is 1. The van der Waals surface area contributed by atoms with E-state index in [2.05, 4.69) is 10.4 Å². The van der Waals surface area contributed by atoms with Crippen LogP contribution in [0, 0.1) is 5.82 Å². The molecule has 1 aliphatic rings. The second kappa shape index (κ2) is 9.43. The topological polar surface area (TPSA) is 93.5 Å². The van der Waals surface area contributed by atoms with E-state index in [0.717, 1.165) is 17.8 Å². The van der Waals surface area contributed by atoms with E-state index in [1.54, 1.807) is 23.2 Å². The number of aromatic nitrogens is 2. The fourth-order valence-corrected chi connectivity index (χ4v) is 4.70. The molecule has 1 amide bonds. The average Bonchev–Trinajstić information content (AvgIpc) is 3.29. The van der Waals surface area contributed by atoms with E-state index in [1.165, 1.54) is 16.4 Å². The molecule has 1 aliphatic heterocycles. The molecule has 1 aromatic heterocycles.